The van der Waals surface area contributed by atoms with Crippen molar-refractivity contribution in [3.63, 3.8) is 0 Å². The van der Waals surface area contributed by atoms with Crippen LogP contribution in [0.3, 0.4) is 0 Å². The number of hydrogen-bond acceptors (Lipinski definition) is 4. The van der Waals surface area contributed by atoms with Gasteiger partial charge in [0.2, 0.25) is 0 Å². The summed E-state index contributed by atoms with van der Waals surface area (Å²) >= 11 is 1.14. The van der Waals surface area contributed by atoms with E-state index in [1.54, 1.807) is 6.07 Å². The maximum Gasteiger partial charge on any atom is 0.336 e. The van der Waals surface area contributed by atoms with E-state index in [1.807, 2.05) is 13.0 Å². The molecule has 0 aliphatic carbocycles. The normalized spacial score (nSPS) is 10.3. The van der Waals surface area contributed by atoms with Gasteiger partial charge in [0.1, 0.15) is 0 Å². The summed E-state index contributed by atoms with van der Waals surface area (Å²) in [6.07, 6.45) is 1.39. The minimum absolute atomic E-state index is 0.200. The molecule has 5 nitrogen and oxygen atoms in total. The number of carboxylic acids is 1. The van der Waals surface area contributed by atoms with E-state index in [0.717, 1.165) is 17.3 Å². The lowest BCUT2D eigenvalue weighted by Gasteiger charge is -2.07. The molecule has 0 saturated carbocycles. The number of aromatic nitrogens is 2. The van der Waals surface area contributed by atoms with Gasteiger partial charge in [-0.1, -0.05) is 23.9 Å². The Morgan fingerprint density at radius 1 is 1.39 bits per heavy atom. The molecule has 0 atom stereocenters. The first-order valence-corrected chi connectivity index (χ1v) is 5.95. The minimum Gasteiger partial charge on any atom is -0.478 e. The van der Waals surface area contributed by atoms with Crippen LogP contribution in [0, 0.1) is 6.92 Å². The van der Waals surface area contributed by atoms with Crippen LogP contribution in [0.25, 0.3) is 0 Å². The molecule has 18 heavy (non-hydrogen) atoms. The lowest BCUT2D eigenvalue weighted by atomic mass is 10.1. The first-order chi connectivity index (χ1) is 8.58. The number of carbonyl (C=O) groups is 1. The van der Waals surface area contributed by atoms with Gasteiger partial charge in [0, 0.05) is 17.2 Å². The van der Waals surface area contributed by atoms with E-state index in [4.69, 9.17) is 5.11 Å². The van der Waals surface area contributed by atoms with Crippen LogP contribution in [0.5, 0.6) is 0 Å². The molecule has 0 unspecified atom stereocenters. The smallest absolute Gasteiger partial charge is 0.336 e. The van der Waals surface area contributed by atoms with Crippen molar-refractivity contribution in [1.29, 1.82) is 0 Å². The van der Waals surface area contributed by atoms with Crippen LogP contribution in [0.2, 0.25) is 0 Å². The fourth-order valence-electron chi connectivity index (χ4n) is 1.46. The van der Waals surface area contributed by atoms with E-state index in [0.29, 0.717) is 10.1 Å². The predicted octanol–water partition coefficient (Wildman–Crippen LogP) is 1.93. The molecule has 92 valence electrons. The second-order valence-electron chi connectivity index (χ2n) is 3.60. The molecule has 0 saturated heterocycles. The molecule has 1 aromatic heterocycles. The molecule has 1 aromatic carbocycles. The standard InChI is InChI=1S/C12H10N2O3S/c1-7-3-2-4-8(11(16)17)10(7)18-12-13-6-5-9(15)14-12/h2-6H,1H3,(H,16,17)(H,13,14,15). The van der Waals surface area contributed by atoms with Crippen molar-refractivity contribution >= 4 is 17.7 Å². The fraction of sp³-hybridized carbons (Fsp3) is 0.0833. The molecule has 0 spiro atoms. The van der Waals surface area contributed by atoms with Crippen molar-refractivity contribution in [1.82, 2.24) is 9.97 Å². The molecule has 0 bridgehead atoms. The Hall–Kier alpha value is -2.08. The molecular formula is C12H10N2O3S. The van der Waals surface area contributed by atoms with Crippen LogP contribution >= 0.6 is 11.8 Å². The lowest BCUT2D eigenvalue weighted by molar-refractivity contribution is 0.0693. The molecule has 0 radical (unpaired) electrons. The molecule has 0 aliphatic heterocycles. The Morgan fingerprint density at radius 2 is 2.17 bits per heavy atom. The van der Waals surface area contributed by atoms with Gasteiger partial charge in [-0.2, -0.15) is 0 Å². The average molecular weight is 262 g/mol. The van der Waals surface area contributed by atoms with Gasteiger partial charge in [-0.3, -0.25) is 4.79 Å². The average Bonchev–Trinajstić information content (AvgIpc) is 2.31. The zero-order chi connectivity index (χ0) is 13.1. The number of aryl methyl sites for hydroxylation is 1. The highest BCUT2D eigenvalue weighted by Crippen LogP contribution is 2.30. The Bertz CT molecular complexity index is 652. The van der Waals surface area contributed by atoms with Gasteiger partial charge in [0.05, 0.1) is 5.56 Å². The summed E-state index contributed by atoms with van der Waals surface area (Å²) in [6, 6.07) is 6.33. The number of nitrogens with one attached hydrogen (secondary N) is 1. The van der Waals surface area contributed by atoms with E-state index in [2.05, 4.69) is 9.97 Å². The molecule has 2 rings (SSSR count). The van der Waals surface area contributed by atoms with Gasteiger partial charge in [-0.25, -0.2) is 9.78 Å². The highest BCUT2D eigenvalue weighted by molar-refractivity contribution is 7.99. The molecule has 0 amide bonds. The van der Waals surface area contributed by atoms with Crippen LogP contribution in [-0.4, -0.2) is 21.0 Å². The number of nitrogens with zero attached hydrogens (tertiary/aromatic N) is 1. The summed E-state index contributed by atoms with van der Waals surface area (Å²) in [5, 5.41) is 9.49. The third-order valence-corrected chi connectivity index (χ3v) is 3.44. The van der Waals surface area contributed by atoms with Crippen LogP contribution in [0.1, 0.15) is 15.9 Å². The van der Waals surface area contributed by atoms with Gasteiger partial charge in [-0.05, 0) is 18.6 Å². The van der Waals surface area contributed by atoms with Crippen molar-refractivity contribution in [2.75, 3.05) is 0 Å². The summed E-state index contributed by atoms with van der Waals surface area (Å²) in [5.41, 5.74) is 0.760. The van der Waals surface area contributed by atoms with Crippen molar-refractivity contribution in [2.24, 2.45) is 0 Å². The van der Waals surface area contributed by atoms with Gasteiger partial charge >= 0.3 is 5.97 Å². The highest BCUT2D eigenvalue weighted by Gasteiger charge is 2.14. The Labute approximate surface area is 107 Å². The molecule has 2 aromatic rings. The summed E-state index contributed by atoms with van der Waals surface area (Å²) in [5.74, 6) is -1.00. The predicted molar refractivity (Wildman–Crippen MR) is 67.1 cm³/mol. The number of hydrogen-bond donors (Lipinski definition) is 2. The van der Waals surface area contributed by atoms with Gasteiger partial charge in [-0.15, -0.1) is 0 Å². The second kappa shape index (κ2) is 5.05. The van der Waals surface area contributed by atoms with Crippen molar-refractivity contribution in [3.8, 4) is 0 Å². The van der Waals surface area contributed by atoms with E-state index in [9.17, 15) is 9.59 Å². The van der Waals surface area contributed by atoms with Gasteiger partial charge < -0.3 is 10.1 Å². The maximum atomic E-state index is 11.2. The monoisotopic (exact) mass is 262 g/mol. The first kappa shape index (κ1) is 12.4. The SMILES string of the molecule is Cc1cccc(C(=O)O)c1Sc1nccc(=O)[nH]1. The quantitative estimate of drug-likeness (QED) is 0.826. The fourth-order valence-corrected chi connectivity index (χ4v) is 2.41. The summed E-state index contributed by atoms with van der Waals surface area (Å²) in [7, 11) is 0. The topological polar surface area (TPSA) is 83.0 Å². The third kappa shape index (κ3) is 2.60. The molecule has 2 N–H and O–H groups in total. The number of aromatic amines is 1. The van der Waals surface area contributed by atoms with Gasteiger partial charge in [0.25, 0.3) is 5.56 Å². The van der Waals surface area contributed by atoms with Crippen LogP contribution in [-0.2, 0) is 0 Å². The van der Waals surface area contributed by atoms with Crippen molar-refractivity contribution in [3.05, 3.63) is 51.9 Å². The summed E-state index contributed by atoms with van der Waals surface area (Å²) in [6.45, 7) is 1.82. The minimum atomic E-state index is -1.00. The first-order valence-electron chi connectivity index (χ1n) is 5.14. The van der Waals surface area contributed by atoms with Crippen molar-refractivity contribution < 1.29 is 9.90 Å². The zero-order valence-electron chi connectivity index (χ0n) is 9.51. The van der Waals surface area contributed by atoms with Crippen LogP contribution in [0.15, 0.2) is 45.3 Å². The summed E-state index contributed by atoms with van der Waals surface area (Å²) in [4.78, 5) is 29.4. The number of carboxylic acid groups (broad SMARTS) is 1. The largest absolute Gasteiger partial charge is 0.478 e. The van der Waals surface area contributed by atoms with E-state index in [-0.39, 0.29) is 11.1 Å². The van der Waals surface area contributed by atoms with Gasteiger partial charge in [0.15, 0.2) is 5.16 Å². The third-order valence-electron chi connectivity index (χ3n) is 2.29. The summed E-state index contributed by atoms with van der Waals surface area (Å²) < 4.78 is 0. The number of rotatable bonds is 3. The molecule has 1 heterocycles. The van der Waals surface area contributed by atoms with Crippen molar-refractivity contribution in [2.45, 2.75) is 17.0 Å². The number of benzene rings is 1. The molecule has 6 heteroatoms. The van der Waals surface area contributed by atoms with E-state index < -0.39 is 5.97 Å². The molecular weight excluding hydrogens is 252 g/mol. The number of H-pyrrole nitrogens is 1. The second-order valence-corrected chi connectivity index (χ2v) is 4.60. The highest BCUT2D eigenvalue weighted by atomic mass is 32.2. The van der Waals surface area contributed by atoms with E-state index in [1.165, 1.54) is 18.3 Å². The van der Waals surface area contributed by atoms with Crippen LogP contribution < -0.4 is 5.56 Å². The van der Waals surface area contributed by atoms with E-state index >= 15 is 0 Å². The molecule has 0 fully saturated rings. The maximum absolute atomic E-state index is 11.2. The number of aromatic carboxylic acids is 1. The van der Waals surface area contributed by atoms with Crippen LogP contribution in [0.4, 0.5) is 0 Å². The Morgan fingerprint density at radius 3 is 2.83 bits per heavy atom. The lowest BCUT2D eigenvalue weighted by Crippen LogP contribution is -2.06. The Balaban J connectivity index is 2.45. The Kier molecular flexibility index (Phi) is 3.47. The molecule has 0 aliphatic rings. The zero-order valence-corrected chi connectivity index (χ0v) is 10.3.